The fraction of sp³-hybridized carbons (Fsp3) is 0.111. The third-order valence-electron chi connectivity index (χ3n) is 3.77. The van der Waals surface area contributed by atoms with Crippen LogP contribution in [0.5, 0.6) is 5.75 Å². The molecule has 0 fully saturated rings. The van der Waals surface area contributed by atoms with Crippen LogP contribution in [0.2, 0.25) is 0 Å². The van der Waals surface area contributed by atoms with E-state index < -0.39 is 15.9 Å². The van der Waals surface area contributed by atoms with Crippen LogP contribution in [0.3, 0.4) is 0 Å². The molecule has 0 aliphatic carbocycles. The number of carbonyl (C=O) groups is 1. The molecule has 1 heterocycles. The van der Waals surface area contributed by atoms with Crippen molar-refractivity contribution < 1.29 is 17.9 Å². The van der Waals surface area contributed by atoms with Gasteiger partial charge in [0.25, 0.3) is 15.9 Å². The molecule has 1 amide bonds. The third-order valence-corrected chi connectivity index (χ3v) is 5.26. The van der Waals surface area contributed by atoms with Crippen molar-refractivity contribution in [2.45, 2.75) is 11.8 Å². The number of rotatable bonds is 5. The van der Waals surface area contributed by atoms with Gasteiger partial charge >= 0.3 is 0 Å². The van der Waals surface area contributed by atoms with Gasteiger partial charge in [0.15, 0.2) is 5.69 Å². The second kappa shape index (κ2) is 7.01. The van der Waals surface area contributed by atoms with E-state index in [0.717, 1.165) is 0 Å². The maximum Gasteiger partial charge on any atom is 0.285 e. The normalized spacial score (nSPS) is 11.2. The van der Waals surface area contributed by atoms with Crippen molar-refractivity contribution in [2.24, 2.45) is 0 Å². The fourth-order valence-corrected chi connectivity index (χ4v) is 3.62. The number of nitrogens with zero attached hydrogens (tertiary/aromatic N) is 2. The number of ether oxygens (including phenoxy) is 1. The summed E-state index contributed by atoms with van der Waals surface area (Å²) in [6.07, 6.45) is 1.58. The molecule has 0 unspecified atom stereocenters. The van der Waals surface area contributed by atoms with E-state index >= 15 is 0 Å². The van der Waals surface area contributed by atoms with Gasteiger partial charge in [-0.05, 0) is 48.9 Å². The van der Waals surface area contributed by atoms with Crippen LogP contribution in [0.15, 0.2) is 65.7 Å². The molecular formula is C18H17N3O4S. The van der Waals surface area contributed by atoms with Crippen LogP contribution in [0, 0.1) is 6.92 Å². The molecule has 0 atom stereocenters. The Kier molecular flexibility index (Phi) is 4.77. The van der Waals surface area contributed by atoms with Crippen molar-refractivity contribution in [3.63, 3.8) is 0 Å². The van der Waals surface area contributed by atoms with Gasteiger partial charge in [-0.1, -0.05) is 18.2 Å². The van der Waals surface area contributed by atoms with Crippen LogP contribution in [0.25, 0.3) is 5.69 Å². The Bertz CT molecular complexity index is 1040. The molecule has 8 heteroatoms. The topological polar surface area (TPSA) is 90.3 Å². The standard InChI is InChI=1S/C18H17N3O4S/c1-13-5-3-4-6-17(13)26(23,24)20-18(22)16-11-12-21(19-16)14-7-9-15(25-2)10-8-14/h3-12H,1-2H3,(H,20,22). The number of methoxy groups -OCH3 is 1. The molecule has 3 rings (SSSR count). The maximum absolute atomic E-state index is 12.4. The fourth-order valence-electron chi connectivity index (χ4n) is 2.41. The van der Waals surface area contributed by atoms with Crippen LogP contribution in [0.1, 0.15) is 16.1 Å². The number of benzene rings is 2. The van der Waals surface area contributed by atoms with Crippen molar-refractivity contribution in [3.8, 4) is 11.4 Å². The van der Waals surface area contributed by atoms with Gasteiger partial charge in [0.05, 0.1) is 17.7 Å². The minimum Gasteiger partial charge on any atom is -0.497 e. The number of amides is 1. The summed E-state index contributed by atoms with van der Waals surface area (Å²) >= 11 is 0. The smallest absolute Gasteiger partial charge is 0.285 e. The van der Waals surface area contributed by atoms with Gasteiger partial charge < -0.3 is 4.74 Å². The molecule has 1 aromatic heterocycles. The van der Waals surface area contributed by atoms with Crippen molar-refractivity contribution in [2.75, 3.05) is 7.11 Å². The molecule has 0 aliphatic heterocycles. The minimum absolute atomic E-state index is 0.00187. The van der Waals surface area contributed by atoms with Gasteiger partial charge in [0.1, 0.15) is 5.75 Å². The van der Waals surface area contributed by atoms with Gasteiger partial charge in [-0.2, -0.15) is 5.10 Å². The zero-order chi connectivity index (χ0) is 18.7. The molecule has 7 nitrogen and oxygen atoms in total. The third kappa shape index (κ3) is 3.60. The van der Waals surface area contributed by atoms with E-state index in [-0.39, 0.29) is 10.6 Å². The summed E-state index contributed by atoms with van der Waals surface area (Å²) in [6.45, 7) is 1.66. The van der Waals surface area contributed by atoms with Crippen molar-refractivity contribution in [3.05, 3.63) is 72.1 Å². The molecule has 0 spiro atoms. The summed E-state index contributed by atoms with van der Waals surface area (Å²) in [6, 6.07) is 15.0. The number of hydrogen-bond acceptors (Lipinski definition) is 5. The average Bonchev–Trinajstić information content (AvgIpc) is 3.12. The lowest BCUT2D eigenvalue weighted by atomic mass is 10.2. The lowest BCUT2D eigenvalue weighted by Gasteiger charge is -2.08. The Morgan fingerprint density at radius 2 is 1.77 bits per heavy atom. The van der Waals surface area contributed by atoms with Crippen molar-refractivity contribution in [1.82, 2.24) is 14.5 Å². The molecule has 3 aromatic rings. The molecule has 0 saturated carbocycles. The Morgan fingerprint density at radius 3 is 2.42 bits per heavy atom. The molecule has 0 saturated heterocycles. The first-order valence-corrected chi connectivity index (χ1v) is 9.22. The van der Waals surface area contributed by atoms with Gasteiger partial charge in [-0.15, -0.1) is 0 Å². The highest BCUT2D eigenvalue weighted by atomic mass is 32.2. The van der Waals surface area contributed by atoms with E-state index in [9.17, 15) is 13.2 Å². The zero-order valence-electron chi connectivity index (χ0n) is 14.2. The lowest BCUT2D eigenvalue weighted by molar-refractivity contribution is 0.0976. The van der Waals surface area contributed by atoms with Crippen LogP contribution in [0.4, 0.5) is 0 Å². The predicted molar refractivity (Wildman–Crippen MR) is 95.9 cm³/mol. The average molecular weight is 371 g/mol. The summed E-state index contributed by atoms with van der Waals surface area (Å²) in [5, 5.41) is 4.14. The number of aryl methyl sites for hydroxylation is 1. The monoisotopic (exact) mass is 371 g/mol. The van der Waals surface area contributed by atoms with E-state index in [2.05, 4.69) is 9.82 Å². The molecule has 0 radical (unpaired) electrons. The minimum atomic E-state index is -3.97. The Labute approximate surface area is 151 Å². The van der Waals surface area contributed by atoms with Gasteiger partial charge in [0, 0.05) is 6.20 Å². The van der Waals surface area contributed by atoms with Gasteiger partial charge in [0.2, 0.25) is 0 Å². The Morgan fingerprint density at radius 1 is 1.08 bits per heavy atom. The quantitative estimate of drug-likeness (QED) is 0.743. The van der Waals surface area contributed by atoms with Crippen molar-refractivity contribution >= 4 is 15.9 Å². The van der Waals surface area contributed by atoms with Gasteiger partial charge in [-0.3, -0.25) is 4.79 Å². The first-order valence-electron chi connectivity index (χ1n) is 7.73. The first kappa shape index (κ1) is 17.7. The summed E-state index contributed by atoms with van der Waals surface area (Å²) in [4.78, 5) is 12.4. The van der Waals surface area contributed by atoms with E-state index in [1.54, 1.807) is 62.7 Å². The number of sulfonamides is 1. The zero-order valence-corrected chi connectivity index (χ0v) is 15.0. The molecule has 0 aliphatic rings. The summed E-state index contributed by atoms with van der Waals surface area (Å²) in [5.41, 5.74) is 1.26. The van der Waals surface area contributed by atoms with Crippen LogP contribution >= 0.6 is 0 Å². The van der Waals surface area contributed by atoms with E-state index in [1.165, 1.54) is 16.8 Å². The Hall–Kier alpha value is -3.13. The number of carbonyl (C=O) groups excluding carboxylic acids is 1. The number of aromatic nitrogens is 2. The Balaban J connectivity index is 1.81. The molecule has 0 bridgehead atoms. The molecule has 1 N–H and O–H groups in total. The molecule has 2 aromatic carbocycles. The van der Waals surface area contributed by atoms with Gasteiger partial charge in [-0.25, -0.2) is 17.8 Å². The van der Waals surface area contributed by atoms with Crippen LogP contribution in [-0.4, -0.2) is 31.2 Å². The summed E-state index contributed by atoms with van der Waals surface area (Å²) in [5.74, 6) is -0.0938. The van der Waals surface area contributed by atoms with E-state index in [1.807, 2.05) is 0 Å². The molecule has 134 valence electrons. The second-order valence-corrected chi connectivity index (χ2v) is 7.19. The molecular weight excluding hydrogens is 354 g/mol. The summed E-state index contributed by atoms with van der Waals surface area (Å²) in [7, 11) is -2.40. The van der Waals surface area contributed by atoms with E-state index in [0.29, 0.717) is 17.0 Å². The number of hydrogen-bond donors (Lipinski definition) is 1. The predicted octanol–water partition coefficient (Wildman–Crippen LogP) is 2.31. The van der Waals surface area contributed by atoms with Crippen LogP contribution in [-0.2, 0) is 10.0 Å². The summed E-state index contributed by atoms with van der Waals surface area (Å²) < 4.78 is 33.4. The second-order valence-electron chi connectivity index (χ2n) is 5.54. The highest BCUT2D eigenvalue weighted by Gasteiger charge is 2.21. The first-order chi connectivity index (χ1) is 12.4. The lowest BCUT2D eigenvalue weighted by Crippen LogP contribution is -2.31. The highest BCUT2D eigenvalue weighted by molar-refractivity contribution is 7.90. The maximum atomic E-state index is 12.4. The van der Waals surface area contributed by atoms with Crippen molar-refractivity contribution in [1.29, 1.82) is 0 Å². The highest BCUT2D eigenvalue weighted by Crippen LogP contribution is 2.16. The molecule has 26 heavy (non-hydrogen) atoms. The number of nitrogens with one attached hydrogen (secondary N) is 1. The SMILES string of the molecule is COc1ccc(-n2ccc(C(=O)NS(=O)(=O)c3ccccc3C)n2)cc1. The largest absolute Gasteiger partial charge is 0.497 e. The van der Waals surface area contributed by atoms with Crippen LogP contribution < -0.4 is 9.46 Å². The van der Waals surface area contributed by atoms with E-state index in [4.69, 9.17) is 4.74 Å².